The lowest BCUT2D eigenvalue weighted by Gasteiger charge is -2.54. The zero-order valence-electron chi connectivity index (χ0n) is 19.8. The van der Waals surface area contributed by atoms with Crippen molar-refractivity contribution in [2.75, 3.05) is 14.2 Å². The third-order valence-corrected chi connectivity index (χ3v) is 7.57. The van der Waals surface area contributed by atoms with Gasteiger partial charge in [-0.3, -0.25) is 0 Å². The van der Waals surface area contributed by atoms with Crippen LogP contribution in [0.25, 0.3) is 0 Å². The lowest BCUT2D eigenvalue weighted by atomic mass is 9.50. The van der Waals surface area contributed by atoms with Crippen molar-refractivity contribution in [3.63, 3.8) is 0 Å². The summed E-state index contributed by atoms with van der Waals surface area (Å²) in [6, 6.07) is 7.41. The average molecular weight is 475 g/mol. The minimum Gasteiger partial charge on any atom is -0.547 e. The van der Waals surface area contributed by atoms with Gasteiger partial charge in [0.15, 0.2) is 0 Å². The molecule has 0 saturated carbocycles. The van der Waals surface area contributed by atoms with E-state index in [1.807, 2.05) is 32.0 Å². The molecule has 5 nitrogen and oxygen atoms in total. The molecule has 0 N–H and O–H groups in total. The van der Waals surface area contributed by atoms with Crippen molar-refractivity contribution >= 4 is 31.9 Å². The standard InChI is InChI=1S/C25H31ClO5Si/c1-14(2)16-13-25(17-11-9-10-12-18(17)26)15(3)22(31-32(6,7)8)19(16)20(23(27)29-4)21(25)24(28)30-5/h9-12,16,19H,1,13H2,2-8H3/t16-,19+,25+/m1/s1. The molecule has 0 amide bonds. The van der Waals surface area contributed by atoms with Crippen molar-refractivity contribution in [1.82, 2.24) is 0 Å². The van der Waals surface area contributed by atoms with E-state index in [1.165, 1.54) is 14.2 Å². The van der Waals surface area contributed by atoms with Gasteiger partial charge in [-0.05, 0) is 63.0 Å². The van der Waals surface area contributed by atoms with Crippen LogP contribution in [-0.2, 0) is 28.9 Å². The number of hydrogen-bond donors (Lipinski definition) is 0. The van der Waals surface area contributed by atoms with E-state index in [1.54, 1.807) is 6.07 Å². The van der Waals surface area contributed by atoms with Gasteiger partial charge in [0.1, 0.15) is 0 Å². The Morgan fingerprint density at radius 3 is 2.22 bits per heavy atom. The number of ether oxygens (including phenoxy) is 2. The Kier molecular flexibility index (Phi) is 6.51. The van der Waals surface area contributed by atoms with E-state index in [9.17, 15) is 9.59 Å². The van der Waals surface area contributed by atoms with Crippen molar-refractivity contribution in [3.8, 4) is 0 Å². The molecule has 0 fully saturated rings. The highest BCUT2D eigenvalue weighted by atomic mass is 35.5. The van der Waals surface area contributed by atoms with E-state index in [0.29, 0.717) is 11.4 Å². The van der Waals surface area contributed by atoms with Crippen molar-refractivity contribution in [2.24, 2.45) is 11.8 Å². The quantitative estimate of drug-likeness (QED) is 0.306. The number of fused-ring (bicyclic) bond motifs is 1. The van der Waals surface area contributed by atoms with E-state index < -0.39 is 31.6 Å². The fraction of sp³-hybridized carbons (Fsp3) is 0.440. The summed E-state index contributed by atoms with van der Waals surface area (Å²) in [6.07, 6.45) is 0.534. The molecule has 0 aliphatic heterocycles. The van der Waals surface area contributed by atoms with Crippen LogP contribution < -0.4 is 0 Å². The maximum absolute atomic E-state index is 13.3. The van der Waals surface area contributed by atoms with Crippen LogP contribution >= 0.6 is 11.6 Å². The van der Waals surface area contributed by atoms with Crippen molar-refractivity contribution in [1.29, 1.82) is 0 Å². The third kappa shape index (κ3) is 3.73. The molecular formula is C25H31ClO5Si. The lowest BCUT2D eigenvalue weighted by molar-refractivity contribution is -0.141. The fourth-order valence-electron chi connectivity index (χ4n) is 5.14. The Hall–Kier alpha value is -2.31. The summed E-state index contributed by atoms with van der Waals surface area (Å²) in [5.41, 5.74) is 2.08. The van der Waals surface area contributed by atoms with Crippen LogP contribution in [0.1, 0.15) is 25.8 Å². The van der Waals surface area contributed by atoms with E-state index in [0.717, 1.165) is 22.5 Å². The van der Waals surface area contributed by atoms with Gasteiger partial charge in [-0.2, -0.15) is 0 Å². The molecule has 0 heterocycles. The molecule has 3 aliphatic rings. The van der Waals surface area contributed by atoms with E-state index in [-0.39, 0.29) is 17.1 Å². The summed E-state index contributed by atoms with van der Waals surface area (Å²) in [6.45, 7) is 14.4. The van der Waals surface area contributed by atoms with Gasteiger partial charge in [0, 0.05) is 5.02 Å². The third-order valence-electron chi connectivity index (χ3n) is 6.41. The normalized spacial score (nSPS) is 25.0. The smallest absolute Gasteiger partial charge is 0.335 e. The van der Waals surface area contributed by atoms with Gasteiger partial charge in [-0.1, -0.05) is 42.0 Å². The van der Waals surface area contributed by atoms with E-state index >= 15 is 0 Å². The van der Waals surface area contributed by atoms with Crippen LogP contribution in [0.3, 0.4) is 0 Å². The molecule has 1 aromatic carbocycles. The first-order chi connectivity index (χ1) is 14.9. The highest BCUT2D eigenvalue weighted by molar-refractivity contribution is 6.70. The van der Waals surface area contributed by atoms with Crippen LogP contribution in [0.5, 0.6) is 0 Å². The maximum atomic E-state index is 13.3. The molecule has 172 valence electrons. The second-order valence-electron chi connectivity index (χ2n) is 9.50. The number of carbonyl (C=O) groups excluding carboxylic acids is 2. The Balaban J connectivity index is 2.53. The molecule has 3 aliphatic carbocycles. The molecule has 0 saturated heterocycles. The van der Waals surface area contributed by atoms with E-state index in [4.69, 9.17) is 25.5 Å². The van der Waals surface area contributed by atoms with Crippen molar-refractivity contribution < 1.29 is 23.5 Å². The largest absolute Gasteiger partial charge is 0.547 e. The average Bonchev–Trinajstić information content (AvgIpc) is 2.73. The second kappa shape index (κ2) is 8.56. The number of hydrogen-bond acceptors (Lipinski definition) is 5. The first-order valence-electron chi connectivity index (χ1n) is 10.6. The zero-order chi connectivity index (χ0) is 24.0. The lowest BCUT2D eigenvalue weighted by Crippen LogP contribution is -2.52. The molecule has 0 spiro atoms. The summed E-state index contributed by atoms with van der Waals surface area (Å²) in [5.74, 6) is -1.02. The molecule has 7 heteroatoms. The summed E-state index contributed by atoms with van der Waals surface area (Å²) < 4.78 is 17.0. The Morgan fingerprint density at radius 1 is 1.12 bits per heavy atom. The molecule has 32 heavy (non-hydrogen) atoms. The highest BCUT2D eigenvalue weighted by Crippen LogP contribution is 2.62. The summed E-state index contributed by atoms with van der Waals surface area (Å²) >= 11 is 6.72. The Morgan fingerprint density at radius 2 is 1.72 bits per heavy atom. The molecular weight excluding hydrogens is 444 g/mol. The van der Waals surface area contributed by atoms with Crippen LogP contribution in [0, 0.1) is 11.8 Å². The zero-order valence-corrected chi connectivity index (χ0v) is 21.6. The fourth-order valence-corrected chi connectivity index (χ4v) is 6.38. The number of benzene rings is 1. The molecule has 0 aromatic heterocycles. The highest BCUT2D eigenvalue weighted by Gasteiger charge is 2.60. The predicted octanol–water partition coefficient (Wildman–Crippen LogP) is 5.57. The van der Waals surface area contributed by atoms with Crippen LogP contribution in [0.15, 0.2) is 58.9 Å². The summed E-state index contributed by atoms with van der Waals surface area (Å²) in [7, 11) is 0.561. The summed E-state index contributed by atoms with van der Waals surface area (Å²) in [5, 5.41) is 0.505. The molecule has 2 bridgehead atoms. The molecule has 3 atom stereocenters. The van der Waals surface area contributed by atoms with Gasteiger partial charge >= 0.3 is 11.9 Å². The van der Waals surface area contributed by atoms with Gasteiger partial charge in [-0.25, -0.2) is 9.59 Å². The van der Waals surface area contributed by atoms with Crippen molar-refractivity contribution in [3.05, 3.63) is 69.5 Å². The number of carbonyl (C=O) groups is 2. The first kappa shape index (κ1) is 24.3. The van der Waals surface area contributed by atoms with Gasteiger partial charge in [-0.15, -0.1) is 0 Å². The SMILES string of the molecule is C=C(C)[C@H]1C[C@@]2(c3ccccc3Cl)C(C)=C(O[Si](C)(C)C)[C@@H]1C(C(=O)OC)=C2C(=O)OC. The van der Waals surface area contributed by atoms with Crippen LogP contribution in [-0.4, -0.2) is 34.5 Å². The number of rotatable bonds is 6. The number of methoxy groups -OCH3 is 2. The van der Waals surface area contributed by atoms with E-state index in [2.05, 4.69) is 26.2 Å². The minimum absolute atomic E-state index is 0.135. The van der Waals surface area contributed by atoms with Gasteiger partial charge < -0.3 is 13.9 Å². The number of allylic oxidation sites excluding steroid dienone is 3. The van der Waals surface area contributed by atoms with Gasteiger partial charge in [0.2, 0.25) is 8.32 Å². The second-order valence-corrected chi connectivity index (χ2v) is 14.3. The number of esters is 2. The minimum atomic E-state index is -2.08. The molecule has 1 aromatic rings. The monoisotopic (exact) mass is 474 g/mol. The maximum Gasteiger partial charge on any atom is 0.335 e. The molecule has 0 radical (unpaired) electrons. The predicted molar refractivity (Wildman–Crippen MR) is 128 cm³/mol. The molecule has 4 rings (SSSR count). The van der Waals surface area contributed by atoms with Crippen LogP contribution in [0.2, 0.25) is 24.7 Å². The summed E-state index contributed by atoms with van der Waals surface area (Å²) in [4.78, 5) is 26.5. The number of halogens is 1. The van der Waals surface area contributed by atoms with Crippen molar-refractivity contribution in [2.45, 2.75) is 45.3 Å². The Bertz CT molecular complexity index is 1050. The van der Waals surface area contributed by atoms with Gasteiger partial charge in [0.05, 0.1) is 42.5 Å². The topological polar surface area (TPSA) is 61.8 Å². The molecule has 0 unspecified atom stereocenters. The Labute approximate surface area is 196 Å². The van der Waals surface area contributed by atoms with Gasteiger partial charge in [0.25, 0.3) is 0 Å². The van der Waals surface area contributed by atoms with Crippen LogP contribution in [0.4, 0.5) is 0 Å². The first-order valence-corrected chi connectivity index (χ1v) is 14.4.